The predicted molar refractivity (Wildman–Crippen MR) is 91.4 cm³/mol. The van der Waals surface area contributed by atoms with E-state index in [0.717, 1.165) is 5.57 Å². The third kappa shape index (κ3) is 1.75. The lowest BCUT2D eigenvalue weighted by atomic mass is 9.60. The molecule has 0 aromatic heterocycles. The van der Waals surface area contributed by atoms with Crippen LogP contribution in [0.2, 0.25) is 0 Å². The molecule has 0 aliphatic heterocycles. The number of rotatable bonds is 1. The molecule has 0 saturated heterocycles. The van der Waals surface area contributed by atoms with Gasteiger partial charge >= 0.3 is 0 Å². The third-order valence-electron chi connectivity index (χ3n) is 7.97. The van der Waals surface area contributed by atoms with Crippen LogP contribution < -0.4 is 0 Å². The second-order valence-electron chi connectivity index (χ2n) is 9.20. The zero-order chi connectivity index (χ0) is 18.5. The highest BCUT2D eigenvalue weighted by Gasteiger charge is 2.83. The largest absolute Gasteiger partial charge is 0.392 e. The normalized spacial score (nSPS) is 53.2. The highest BCUT2D eigenvalue weighted by atomic mass is 16.4. The van der Waals surface area contributed by atoms with Crippen molar-refractivity contribution in [2.24, 2.45) is 35.0 Å². The fourth-order valence-electron chi connectivity index (χ4n) is 6.38. The van der Waals surface area contributed by atoms with E-state index in [2.05, 4.69) is 0 Å². The molecule has 0 bridgehead atoms. The van der Waals surface area contributed by atoms with Gasteiger partial charge in [-0.15, -0.1) is 0 Å². The van der Waals surface area contributed by atoms with Gasteiger partial charge in [0, 0.05) is 35.0 Å². The number of carbonyl (C=O) groups excluding carboxylic acids is 1. The van der Waals surface area contributed by atoms with Crippen LogP contribution in [0.25, 0.3) is 0 Å². The van der Waals surface area contributed by atoms with Crippen molar-refractivity contribution in [3.8, 4) is 0 Å². The number of hydrogen-bond donors (Lipinski definition) is 4. The number of fused-ring (bicyclic) bond motifs is 5. The van der Waals surface area contributed by atoms with E-state index >= 15 is 0 Å². The maximum atomic E-state index is 12.6. The summed E-state index contributed by atoms with van der Waals surface area (Å²) < 4.78 is 0. The van der Waals surface area contributed by atoms with Crippen LogP contribution in [0.4, 0.5) is 0 Å². The molecule has 0 unspecified atom stereocenters. The average molecular weight is 348 g/mol. The van der Waals surface area contributed by atoms with Gasteiger partial charge in [0.05, 0.1) is 18.3 Å². The van der Waals surface area contributed by atoms with Crippen LogP contribution in [0.15, 0.2) is 23.3 Å². The Morgan fingerprint density at radius 2 is 1.84 bits per heavy atom. The Morgan fingerprint density at radius 3 is 2.44 bits per heavy atom. The Balaban J connectivity index is 1.91. The van der Waals surface area contributed by atoms with Gasteiger partial charge in [-0.05, 0) is 24.5 Å². The predicted octanol–water partition coefficient (Wildman–Crippen LogP) is 0.815. The molecule has 0 aromatic rings. The molecule has 0 heterocycles. The number of ketones is 1. The van der Waals surface area contributed by atoms with Crippen molar-refractivity contribution in [1.82, 2.24) is 0 Å². The van der Waals surface area contributed by atoms with E-state index in [0.29, 0.717) is 12.0 Å². The SMILES string of the molecule is CC1=C[C@@H]2[C@H](CC(CO)=C[C@H]3[C@@H]4C(C)(C)[C@]4(O)[C@H](O)[C@@H](C)[C@]23O)C1=O. The van der Waals surface area contributed by atoms with Crippen LogP contribution in [0.5, 0.6) is 0 Å². The van der Waals surface area contributed by atoms with E-state index in [1.54, 1.807) is 13.8 Å². The molecule has 4 aliphatic rings. The topological polar surface area (TPSA) is 98.0 Å². The highest BCUT2D eigenvalue weighted by molar-refractivity contribution is 5.99. The Labute approximate surface area is 148 Å². The standard InChI is InChI=1S/C20H28O5/c1-9-5-13-12(15(9)22)6-11(8-21)7-14-16-18(3,4)20(16,25)17(23)10(2)19(13,14)24/h5,7,10,12-14,16-17,21,23-25H,6,8H2,1-4H3/t10-,12+,13-,14+,16-,17-,19+,20-/m1/s1. The smallest absolute Gasteiger partial charge is 0.162 e. The maximum absolute atomic E-state index is 12.6. The maximum Gasteiger partial charge on any atom is 0.162 e. The summed E-state index contributed by atoms with van der Waals surface area (Å²) in [6.45, 7) is 7.19. The van der Waals surface area contributed by atoms with Gasteiger partial charge < -0.3 is 20.4 Å². The fraction of sp³-hybridized carbons (Fsp3) is 0.750. The minimum atomic E-state index is -1.32. The van der Waals surface area contributed by atoms with Gasteiger partial charge in [-0.3, -0.25) is 4.79 Å². The molecule has 0 radical (unpaired) electrons. The van der Waals surface area contributed by atoms with Gasteiger partial charge in [-0.2, -0.15) is 0 Å². The Bertz CT molecular complexity index is 707. The van der Waals surface area contributed by atoms with E-state index in [-0.39, 0.29) is 18.3 Å². The molecule has 4 N–H and O–H groups in total. The molecule has 5 nitrogen and oxygen atoms in total. The lowest BCUT2D eigenvalue weighted by Gasteiger charge is -2.50. The molecule has 2 fully saturated rings. The van der Waals surface area contributed by atoms with Crippen LogP contribution in [-0.2, 0) is 4.79 Å². The number of aliphatic hydroxyl groups is 4. The first-order valence-corrected chi connectivity index (χ1v) is 9.18. The van der Waals surface area contributed by atoms with Crippen LogP contribution in [0, 0.1) is 35.0 Å². The molecule has 4 rings (SSSR count). The summed E-state index contributed by atoms with van der Waals surface area (Å²) in [6.07, 6.45) is 3.09. The Hall–Kier alpha value is -1.01. The molecular formula is C20H28O5. The first kappa shape index (κ1) is 17.4. The summed E-state index contributed by atoms with van der Waals surface area (Å²) in [5, 5.41) is 43.7. The highest BCUT2D eigenvalue weighted by Crippen LogP contribution is 2.74. The van der Waals surface area contributed by atoms with Crippen molar-refractivity contribution in [1.29, 1.82) is 0 Å². The number of allylic oxidation sites excluding steroid dienone is 1. The minimum Gasteiger partial charge on any atom is -0.392 e. The van der Waals surface area contributed by atoms with E-state index < -0.39 is 46.4 Å². The summed E-state index contributed by atoms with van der Waals surface area (Å²) in [4.78, 5) is 12.6. The minimum absolute atomic E-state index is 0.0102. The van der Waals surface area contributed by atoms with Crippen molar-refractivity contribution in [2.75, 3.05) is 6.61 Å². The molecule has 2 saturated carbocycles. The summed E-state index contributed by atoms with van der Waals surface area (Å²) in [6, 6.07) is 0. The molecule has 25 heavy (non-hydrogen) atoms. The second kappa shape index (κ2) is 4.83. The van der Waals surface area contributed by atoms with Gasteiger partial charge in [0.25, 0.3) is 0 Å². The Morgan fingerprint density at radius 1 is 1.20 bits per heavy atom. The monoisotopic (exact) mass is 348 g/mol. The van der Waals surface area contributed by atoms with E-state index in [1.807, 2.05) is 26.0 Å². The second-order valence-corrected chi connectivity index (χ2v) is 9.20. The number of carbonyl (C=O) groups is 1. The third-order valence-corrected chi connectivity index (χ3v) is 7.97. The van der Waals surface area contributed by atoms with Gasteiger partial charge in [-0.1, -0.05) is 32.9 Å². The van der Waals surface area contributed by atoms with Gasteiger partial charge in [-0.25, -0.2) is 0 Å². The van der Waals surface area contributed by atoms with E-state index in [1.165, 1.54) is 0 Å². The van der Waals surface area contributed by atoms with Gasteiger partial charge in [0.1, 0.15) is 5.60 Å². The Kier molecular flexibility index (Phi) is 3.36. The molecule has 8 atom stereocenters. The number of Topliss-reactive ketones (excluding diaryl/α,β-unsaturated/α-hetero) is 1. The van der Waals surface area contributed by atoms with Crippen LogP contribution in [0.1, 0.15) is 34.1 Å². The first-order chi connectivity index (χ1) is 11.5. The fourth-order valence-corrected chi connectivity index (χ4v) is 6.38. The molecule has 0 aromatic carbocycles. The zero-order valence-corrected chi connectivity index (χ0v) is 15.2. The van der Waals surface area contributed by atoms with Crippen LogP contribution in [0.3, 0.4) is 0 Å². The molecule has 0 amide bonds. The number of hydrogen-bond acceptors (Lipinski definition) is 5. The van der Waals surface area contributed by atoms with Crippen molar-refractivity contribution in [2.45, 2.75) is 51.4 Å². The van der Waals surface area contributed by atoms with Crippen molar-refractivity contribution in [3.63, 3.8) is 0 Å². The quantitative estimate of drug-likeness (QED) is 0.526. The lowest BCUT2D eigenvalue weighted by molar-refractivity contribution is -0.192. The van der Waals surface area contributed by atoms with Crippen LogP contribution in [-0.4, -0.2) is 50.1 Å². The average Bonchev–Trinajstić information content (AvgIpc) is 2.92. The van der Waals surface area contributed by atoms with Crippen LogP contribution >= 0.6 is 0 Å². The molecule has 0 spiro atoms. The van der Waals surface area contributed by atoms with E-state index in [4.69, 9.17) is 0 Å². The zero-order valence-electron chi connectivity index (χ0n) is 15.2. The summed E-state index contributed by atoms with van der Waals surface area (Å²) in [5.74, 6) is -2.10. The van der Waals surface area contributed by atoms with Gasteiger partial charge in [0.15, 0.2) is 5.78 Å². The van der Waals surface area contributed by atoms with E-state index in [9.17, 15) is 25.2 Å². The molecular weight excluding hydrogens is 320 g/mol. The summed E-state index contributed by atoms with van der Waals surface area (Å²) >= 11 is 0. The molecule has 138 valence electrons. The summed E-state index contributed by atoms with van der Waals surface area (Å²) in [5.41, 5.74) is -1.73. The molecule has 5 heteroatoms. The van der Waals surface area contributed by atoms with Crippen molar-refractivity contribution < 1.29 is 25.2 Å². The van der Waals surface area contributed by atoms with Crippen molar-refractivity contribution >= 4 is 5.78 Å². The summed E-state index contributed by atoms with van der Waals surface area (Å²) in [7, 11) is 0. The number of aliphatic hydroxyl groups excluding tert-OH is 2. The first-order valence-electron chi connectivity index (χ1n) is 9.18. The van der Waals surface area contributed by atoms with Gasteiger partial charge in [0.2, 0.25) is 0 Å². The lowest BCUT2D eigenvalue weighted by Crippen LogP contribution is -2.62. The van der Waals surface area contributed by atoms with Crippen molar-refractivity contribution in [3.05, 3.63) is 23.3 Å². The molecule has 4 aliphatic carbocycles.